The van der Waals surface area contributed by atoms with E-state index in [9.17, 15) is 9.59 Å². The molecule has 1 aliphatic rings. The highest BCUT2D eigenvalue weighted by Crippen LogP contribution is 2.21. The van der Waals surface area contributed by atoms with E-state index in [0.717, 1.165) is 32.4 Å². The van der Waals surface area contributed by atoms with Gasteiger partial charge in [-0.1, -0.05) is 30.3 Å². The Morgan fingerprint density at radius 1 is 1.24 bits per heavy atom. The molecule has 0 spiro atoms. The Kier molecular flexibility index (Phi) is 5.48. The lowest BCUT2D eigenvalue weighted by molar-refractivity contribution is -0.131. The van der Waals surface area contributed by atoms with Crippen molar-refractivity contribution < 1.29 is 9.59 Å². The van der Waals surface area contributed by atoms with Crippen molar-refractivity contribution in [1.29, 1.82) is 0 Å². The van der Waals surface area contributed by atoms with E-state index in [0.29, 0.717) is 17.2 Å². The zero-order valence-corrected chi connectivity index (χ0v) is 14.5. The number of amides is 2. The Balaban J connectivity index is 1.42. The second kappa shape index (κ2) is 7.96. The molecule has 1 fully saturated rings. The Hall–Kier alpha value is -2.63. The van der Waals surface area contributed by atoms with E-state index in [1.165, 1.54) is 11.8 Å². The van der Waals surface area contributed by atoms with Crippen molar-refractivity contribution >= 4 is 11.8 Å². The van der Waals surface area contributed by atoms with Crippen LogP contribution in [0, 0.1) is 12.8 Å². The third kappa shape index (κ3) is 4.47. The second-order valence-electron chi connectivity index (χ2n) is 6.61. The van der Waals surface area contributed by atoms with Crippen LogP contribution in [0.1, 0.15) is 34.5 Å². The van der Waals surface area contributed by atoms with Crippen molar-refractivity contribution in [1.82, 2.24) is 20.4 Å². The largest absolute Gasteiger partial charge is 0.343 e. The van der Waals surface area contributed by atoms with Crippen molar-refractivity contribution in [3.8, 4) is 0 Å². The molecule has 0 radical (unpaired) electrons. The summed E-state index contributed by atoms with van der Waals surface area (Å²) in [6.45, 7) is 3.34. The number of nitrogens with zero attached hydrogens (tertiary/aromatic N) is 2. The fourth-order valence-corrected chi connectivity index (χ4v) is 3.28. The molecule has 1 aromatic heterocycles. The van der Waals surface area contributed by atoms with E-state index >= 15 is 0 Å². The van der Waals surface area contributed by atoms with Crippen LogP contribution >= 0.6 is 0 Å². The third-order valence-electron chi connectivity index (χ3n) is 4.81. The smallest absolute Gasteiger partial charge is 0.255 e. The lowest BCUT2D eigenvalue weighted by Gasteiger charge is -2.32. The molecule has 6 nitrogen and oxygen atoms in total. The van der Waals surface area contributed by atoms with Crippen LogP contribution in [0.25, 0.3) is 0 Å². The summed E-state index contributed by atoms with van der Waals surface area (Å²) in [5.41, 5.74) is 2.54. The number of aromatic amines is 1. The zero-order valence-electron chi connectivity index (χ0n) is 14.5. The summed E-state index contributed by atoms with van der Waals surface area (Å²) in [7, 11) is 0. The molecule has 2 heterocycles. The molecule has 25 heavy (non-hydrogen) atoms. The van der Waals surface area contributed by atoms with E-state index in [1.54, 1.807) is 6.92 Å². The Morgan fingerprint density at radius 3 is 2.60 bits per heavy atom. The predicted molar refractivity (Wildman–Crippen MR) is 95.1 cm³/mol. The number of likely N-dealkylation sites (tertiary alicyclic amines) is 1. The summed E-state index contributed by atoms with van der Waals surface area (Å²) in [6, 6.07) is 10.5. The second-order valence-corrected chi connectivity index (χ2v) is 6.61. The number of benzene rings is 1. The van der Waals surface area contributed by atoms with Crippen LogP contribution in [-0.4, -0.2) is 46.5 Å². The van der Waals surface area contributed by atoms with Gasteiger partial charge in [0, 0.05) is 18.8 Å². The van der Waals surface area contributed by atoms with Crippen LogP contribution in [0.4, 0.5) is 0 Å². The molecule has 0 bridgehead atoms. The van der Waals surface area contributed by atoms with E-state index in [-0.39, 0.29) is 18.4 Å². The van der Waals surface area contributed by atoms with Gasteiger partial charge in [0.2, 0.25) is 5.91 Å². The van der Waals surface area contributed by atoms with Crippen molar-refractivity contribution in [2.45, 2.75) is 26.2 Å². The molecule has 1 aromatic carbocycles. The average Bonchev–Trinajstić information content (AvgIpc) is 3.07. The number of H-pyrrole nitrogens is 1. The van der Waals surface area contributed by atoms with Crippen molar-refractivity contribution in [3.05, 3.63) is 53.3 Å². The number of aromatic nitrogens is 2. The minimum atomic E-state index is -0.265. The van der Waals surface area contributed by atoms with Gasteiger partial charge < -0.3 is 10.2 Å². The fraction of sp³-hybridized carbons (Fsp3) is 0.421. The number of nitrogens with one attached hydrogen (secondary N) is 2. The van der Waals surface area contributed by atoms with Crippen LogP contribution in [0.15, 0.2) is 36.5 Å². The summed E-state index contributed by atoms with van der Waals surface area (Å²) in [4.78, 5) is 26.2. The van der Waals surface area contributed by atoms with Crippen LogP contribution in [-0.2, 0) is 11.2 Å². The molecular formula is C19H24N4O2. The molecule has 0 atom stereocenters. The van der Waals surface area contributed by atoms with Gasteiger partial charge in [0.15, 0.2) is 0 Å². The van der Waals surface area contributed by atoms with Crippen molar-refractivity contribution in [3.63, 3.8) is 0 Å². The van der Waals surface area contributed by atoms with Gasteiger partial charge in [0.05, 0.1) is 18.3 Å². The van der Waals surface area contributed by atoms with Crippen LogP contribution in [0.2, 0.25) is 0 Å². The van der Waals surface area contributed by atoms with Gasteiger partial charge >= 0.3 is 0 Å². The van der Waals surface area contributed by atoms with Crippen LogP contribution in [0.5, 0.6) is 0 Å². The molecule has 1 saturated heterocycles. The normalized spacial score (nSPS) is 15.2. The van der Waals surface area contributed by atoms with Gasteiger partial charge in [-0.05, 0) is 37.7 Å². The fourth-order valence-electron chi connectivity index (χ4n) is 3.28. The number of hydrogen-bond acceptors (Lipinski definition) is 3. The first-order valence-electron chi connectivity index (χ1n) is 8.73. The number of aryl methyl sites for hydroxylation is 1. The highest BCUT2D eigenvalue weighted by atomic mass is 16.2. The molecule has 2 amide bonds. The van der Waals surface area contributed by atoms with E-state index in [4.69, 9.17) is 0 Å². The lowest BCUT2D eigenvalue weighted by Crippen LogP contribution is -2.44. The van der Waals surface area contributed by atoms with Crippen LogP contribution < -0.4 is 5.32 Å². The molecule has 2 N–H and O–H groups in total. The van der Waals surface area contributed by atoms with Crippen LogP contribution in [0.3, 0.4) is 0 Å². The first-order chi connectivity index (χ1) is 12.1. The van der Waals surface area contributed by atoms with Gasteiger partial charge in [0.25, 0.3) is 5.91 Å². The summed E-state index contributed by atoms with van der Waals surface area (Å²) >= 11 is 0. The summed E-state index contributed by atoms with van der Waals surface area (Å²) in [6.07, 6.45) is 4.56. The average molecular weight is 340 g/mol. The third-order valence-corrected chi connectivity index (χ3v) is 4.81. The number of piperidine rings is 1. The first kappa shape index (κ1) is 17.2. The number of rotatable bonds is 5. The number of hydrogen-bond donors (Lipinski definition) is 2. The minimum Gasteiger partial charge on any atom is -0.343 e. The van der Waals surface area contributed by atoms with E-state index < -0.39 is 0 Å². The summed E-state index contributed by atoms with van der Waals surface area (Å²) in [5.74, 6) is 0.334. The molecule has 0 unspecified atom stereocenters. The number of carbonyl (C=O) groups excluding carboxylic acids is 2. The Morgan fingerprint density at radius 2 is 1.96 bits per heavy atom. The molecule has 0 saturated carbocycles. The molecule has 132 valence electrons. The first-order valence-corrected chi connectivity index (χ1v) is 8.73. The van der Waals surface area contributed by atoms with Gasteiger partial charge in [-0.25, -0.2) is 0 Å². The SMILES string of the molecule is Cc1[nH]ncc1C(=O)NCC(=O)N1CCC(Cc2ccccc2)CC1. The quantitative estimate of drug-likeness (QED) is 0.873. The molecular weight excluding hydrogens is 316 g/mol. The van der Waals surface area contributed by atoms with Gasteiger partial charge in [-0.15, -0.1) is 0 Å². The highest BCUT2D eigenvalue weighted by molar-refractivity contribution is 5.97. The van der Waals surface area contributed by atoms with Crippen molar-refractivity contribution in [2.24, 2.45) is 5.92 Å². The molecule has 3 rings (SSSR count). The standard InChI is InChI=1S/C19H24N4O2/c1-14-17(12-21-22-14)19(25)20-13-18(24)23-9-7-16(8-10-23)11-15-5-3-2-4-6-15/h2-6,12,16H,7-11,13H2,1H3,(H,20,25)(H,21,22). The Bertz CT molecular complexity index is 718. The zero-order chi connectivity index (χ0) is 17.6. The Labute approximate surface area is 147 Å². The van der Waals surface area contributed by atoms with Gasteiger partial charge in [0.1, 0.15) is 0 Å². The maximum Gasteiger partial charge on any atom is 0.255 e. The molecule has 1 aliphatic heterocycles. The van der Waals surface area contributed by atoms with E-state index in [1.807, 2.05) is 11.0 Å². The lowest BCUT2D eigenvalue weighted by atomic mass is 9.90. The maximum atomic E-state index is 12.3. The van der Waals surface area contributed by atoms with E-state index in [2.05, 4.69) is 39.8 Å². The van der Waals surface area contributed by atoms with Gasteiger partial charge in [-0.3, -0.25) is 14.7 Å². The topological polar surface area (TPSA) is 78.1 Å². The van der Waals surface area contributed by atoms with Crippen molar-refractivity contribution in [2.75, 3.05) is 19.6 Å². The molecule has 2 aromatic rings. The minimum absolute atomic E-state index is 0.0207. The highest BCUT2D eigenvalue weighted by Gasteiger charge is 2.23. The molecule has 6 heteroatoms. The van der Waals surface area contributed by atoms with Gasteiger partial charge in [-0.2, -0.15) is 5.10 Å². The monoisotopic (exact) mass is 340 g/mol. The summed E-state index contributed by atoms with van der Waals surface area (Å²) < 4.78 is 0. The predicted octanol–water partition coefficient (Wildman–Crippen LogP) is 1.93. The summed E-state index contributed by atoms with van der Waals surface area (Å²) in [5, 5.41) is 9.22. The number of carbonyl (C=O) groups is 2. The maximum absolute atomic E-state index is 12.3. The molecule has 0 aliphatic carbocycles.